The molecule has 0 spiro atoms. The number of esters is 1. The van der Waals surface area contributed by atoms with Crippen molar-refractivity contribution in [2.45, 2.75) is 32.4 Å². The molecule has 0 saturated carbocycles. The van der Waals surface area contributed by atoms with E-state index in [9.17, 15) is 24.3 Å². The molecule has 1 aromatic carbocycles. The van der Waals surface area contributed by atoms with Crippen LogP contribution in [0.2, 0.25) is 0 Å². The molecule has 0 aliphatic heterocycles. The van der Waals surface area contributed by atoms with E-state index in [0.717, 1.165) is 0 Å². The summed E-state index contributed by atoms with van der Waals surface area (Å²) in [6.07, 6.45) is -1.03. The Labute approximate surface area is 151 Å². The second-order valence-electron chi connectivity index (χ2n) is 5.42. The van der Waals surface area contributed by atoms with Gasteiger partial charge in [-0.15, -0.1) is 0 Å². The Hall–Kier alpha value is -3.10. The maximum Gasteiger partial charge on any atom is 0.306 e. The van der Waals surface area contributed by atoms with Gasteiger partial charge in [0.25, 0.3) is 0 Å². The predicted octanol–water partition coefficient (Wildman–Crippen LogP) is -0.247. The molecule has 0 heterocycles. The van der Waals surface area contributed by atoms with Crippen molar-refractivity contribution in [3.05, 3.63) is 29.8 Å². The Morgan fingerprint density at radius 1 is 1.15 bits per heavy atom. The molecule has 9 heteroatoms. The number of carbonyl (C=O) groups excluding carboxylic acids is 4. The number of hydrogen-bond donors (Lipinski definition) is 4. The van der Waals surface area contributed by atoms with Crippen molar-refractivity contribution in [3.63, 3.8) is 0 Å². The molecule has 0 bridgehead atoms. The van der Waals surface area contributed by atoms with Gasteiger partial charge in [-0.1, -0.05) is 19.1 Å². The lowest BCUT2D eigenvalue weighted by Gasteiger charge is -2.27. The first-order chi connectivity index (χ1) is 12.3. The molecule has 0 fully saturated rings. The van der Waals surface area contributed by atoms with Gasteiger partial charge in [-0.3, -0.25) is 19.2 Å². The molecule has 1 aromatic rings. The van der Waals surface area contributed by atoms with Gasteiger partial charge in [0.15, 0.2) is 6.10 Å². The molecule has 2 unspecified atom stereocenters. The largest absolute Gasteiger partial charge is 0.508 e. The van der Waals surface area contributed by atoms with E-state index in [1.807, 2.05) is 0 Å². The lowest BCUT2D eigenvalue weighted by Crippen LogP contribution is -2.52. The monoisotopic (exact) mass is 365 g/mol. The third-order valence-electron chi connectivity index (χ3n) is 3.41. The van der Waals surface area contributed by atoms with Crippen LogP contribution < -0.4 is 16.0 Å². The number of likely N-dealkylation sites (N-methyl/N-ethyl adjacent to an activating group) is 1. The van der Waals surface area contributed by atoms with Crippen LogP contribution in [0.25, 0.3) is 0 Å². The topological polar surface area (TPSA) is 134 Å². The standard InChI is InChI=1S/C17H23N3O6/c1-4-14(24)26-16(11-5-7-12(22)8-6-11)15(17(25)18-3)20-13(23)9-19-10(2)21/h5-8,15-16,22H,4,9H2,1-3H3,(H,18,25)(H,19,21)(H,20,23). The molecule has 142 valence electrons. The number of nitrogens with one attached hydrogen (secondary N) is 3. The summed E-state index contributed by atoms with van der Waals surface area (Å²) in [6, 6.07) is 4.50. The SMILES string of the molecule is CCC(=O)OC(c1ccc(O)cc1)C(NC(=O)CNC(C)=O)C(=O)NC. The van der Waals surface area contributed by atoms with Crippen LogP contribution >= 0.6 is 0 Å². The molecular formula is C17H23N3O6. The van der Waals surface area contributed by atoms with Gasteiger partial charge in [-0.2, -0.15) is 0 Å². The van der Waals surface area contributed by atoms with Crippen molar-refractivity contribution in [1.29, 1.82) is 0 Å². The summed E-state index contributed by atoms with van der Waals surface area (Å²) in [6.45, 7) is 2.53. The van der Waals surface area contributed by atoms with E-state index in [2.05, 4.69) is 16.0 Å². The first-order valence-corrected chi connectivity index (χ1v) is 8.02. The van der Waals surface area contributed by atoms with E-state index >= 15 is 0 Å². The Morgan fingerprint density at radius 2 is 1.77 bits per heavy atom. The van der Waals surface area contributed by atoms with Crippen molar-refractivity contribution in [2.75, 3.05) is 13.6 Å². The van der Waals surface area contributed by atoms with Crippen molar-refractivity contribution < 1.29 is 29.0 Å². The van der Waals surface area contributed by atoms with E-state index in [1.165, 1.54) is 38.2 Å². The number of carbonyl (C=O) groups is 4. The van der Waals surface area contributed by atoms with Crippen LogP contribution in [0.4, 0.5) is 0 Å². The molecule has 0 saturated heterocycles. The molecule has 2 atom stereocenters. The van der Waals surface area contributed by atoms with Crippen LogP contribution in [0.5, 0.6) is 5.75 Å². The number of phenols is 1. The Balaban J connectivity index is 3.12. The number of amides is 3. The summed E-state index contributed by atoms with van der Waals surface area (Å²) in [4.78, 5) is 47.1. The quantitative estimate of drug-likeness (QED) is 0.470. The van der Waals surface area contributed by atoms with E-state index in [4.69, 9.17) is 4.74 Å². The van der Waals surface area contributed by atoms with E-state index in [-0.39, 0.29) is 18.7 Å². The molecule has 26 heavy (non-hydrogen) atoms. The Morgan fingerprint density at radius 3 is 2.27 bits per heavy atom. The third kappa shape index (κ3) is 6.42. The van der Waals surface area contributed by atoms with E-state index < -0.39 is 35.8 Å². The van der Waals surface area contributed by atoms with Gasteiger partial charge in [-0.25, -0.2) is 0 Å². The highest BCUT2D eigenvalue weighted by Gasteiger charge is 2.33. The van der Waals surface area contributed by atoms with Gasteiger partial charge in [0, 0.05) is 20.4 Å². The fraction of sp³-hybridized carbons (Fsp3) is 0.412. The summed E-state index contributed by atoms with van der Waals surface area (Å²) in [5.74, 6) is -2.16. The number of rotatable bonds is 8. The lowest BCUT2D eigenvalue weighted by molar-refractivity contribution is -0.153. The summed E-state index contributed by atoms with van der Waals surface area (Å²) in [5.41, 5.74) is 0.415. The highest BCUT2D eigenvalue weighted by atomic mass is 16.5. The molecule has 3 amide bonds. The average Bonchev–Trinajstić information content (AvgIpc) is 2.62. The highest BCUT2D eigenvalue weighted by molar-refractivity contribution is 5.90. The molecule has 9 nitrogen and oxygen atoms in total. The maximum atomic E-state index is 12.3. The number of phenolic OH excluding ortho intramolecular Hbond substituents is 1. The zero-order valence-electron chi connectivity index (χ0n) is 14.9. The van der Waals surface area contributed by atoms with E-state index in [0.29, 0.717) is 5.56 Å². The molecule has 0 radical (unpaired) electrons. The molecule has 0 aliphatic carbocycles. The molecule has 4 N–H and O–H groups in total. The van der Waals surface area contributed by atoms with Crippen LogP contribution in [0, 0.1) is 0 Å². The summed E-state index contributed by atoms with van der Waals surface area (Å²) >= 11 is 0. The maximum absolute atomic E-state index is 12.3. The minimum Gasteiger partial charge on any atom is -0.508 e. The second kappa shape index (κ2) is 10.0. The average molecular weight is 365 g/mol. The Bertz CT molecular complexity index is 659. The fourth-order valence-electron chi connectivity index (χ4n) is 2.08. The van der Waals surface area contributed by atoms with Gasteiger partial charge in [0.2, 0.25) is 17.7 Å². The molecule has 0 aliphatic rings. The van der Waals surface area contributed by atoms with Crippen LogP contribution in [-0.2, 0) is 23.9 Å². The second-order valence-corrected chi connectivity index (χ2v) is 5.42. The Kier molecular flexibility index (Phi) is 8.07. The summed E-state index contributed by atoms with van der Waals surface area (Å²) in [7, 11) is 1.38. The van der Waals surface area contributed by atoms with Crippen LogP contribution in [0.1, 0.15) is 31.9 Å². The van der Waals surface area contributed by atoms with E-state index in [1.54, 1.807) is 6.92 Å². The van der Waals surface area contributed by atoms with Crippen molar-refractivity contribution >= 4 is 23.7 Å². The third-order valence-corrected chi connectivity index (χ3v) is 3.41. The van der Waals surface area contributed by atoms with Crippen LogP contribution in [0.15, 0.2) is 24.3 Å². The van der Waals surface area contributed by atoms with Crippen LogP contribution in [0.3, 0.4) is 0 Å². The first-order valence-electron chi connectivity index (χ1n) is 8.02. The number of benzene rings is 1. The van der Waals surface area contributed by atoms with Gasteiger partial charge in [0.1, 0.15) is 11.8 Å². The molecular weight excluding hydrogens is 342 g/mol. The number of aromatic hydroxyl groups is 1. The molecule has 1 rings (SSSR count). The van der Waals surface area contributed by atoms with Gasteiger partial charge in [-0.05, 0) is 17.7 Å². The summed E-state index contributed by atoms with van der Waals surface area (Å²) < 4.78 is 5.35. The van der Waals surface area contributed by atoms with Crippen molar-refractivity contribution in [1.82, 2.24) is 16.0 Å². The lowest BCUT2D eigenvalue weighted by atomic mass is 10.0. The van der Waals surface area contributed by atoms with Crippen LogP contribution in [-0.4, -0.2) is 48.4 Å². The number of ether oxygens (including phenoxy) is 1. The van der Waals surface area contributed by atoms with Crippen molar-refractivity contribution in [2.24, 2.45) is 0 Å². The zero-order chi connectivity index (χ0) is 19.7. The minimum atomic E-state index is -1.22. The smallest absolute Gasteiger partial charge is 0.306 e. The van der Waals surface area contributed by atoms with Crippen molar-refractivity contribution in [3.8, 4) is 5.75 Å². The highest BCUT2D eigenvalue weighted by Crippen LogP contribution is 2.24. The zero-order valence-corrected chi connectivity index (χ0v) is 14.9. The van der Waals surface area contributed by atoms with Gasteiger partial charge < -0.3 is 25.8 Å². The predicted molar refractivity (Wildman–Crippen MR) is 91.9 cm³/mol. The molecule has 0 aromatic heterocycles. The fourth-order valence-corrected chi connectivity index (χ4v) is 2.08. The van der Waals surface area contributed by atoms with Gasteiger partial charge >= 0.3 is 5.97 Å². The number of hydrogen-bond acceptors (Lipinski definition) is 6. The normalized spacial score (nSPS) is 12.4. The minimum absolute atomic E-state index is 0.000467. The first kappa shape index (κ1) is 20.9. The summed E-state index contributed by atoms with van der Waals surface area (Å²) in [5, 5.41) is 16.6. The van der Waals surface area contributed by atoms with Gasteiger partial charge in [0.05, 0.1) is 6.54 Å².